The average Bonchev–Trinajstić information content (AvgIpc) is 2.84. The molecule has 0 aliphatic carbocycles. The molecule has 0 radical (unpaired) electrons. The fourth-order valence-corrected chi connectivity index (χ4v) is 1.06. The summed E-state index contributed by atoms with van der Waals surface area (Å²) in [7, 11) is 0. The highest BCUT2D eigenvalue weighted by atomic mass is 16.6. The lowest BCUT2D eigenvalue weighted by atomic mass is 10.3. The maximum Gasteiger partial charge on any atom is 0.252 e. The average molecular weight is 186 g/mol. The second kappa shape index (κ2) is 4.23. The third-order valence-electron chi connectivity index (χ3n) is 1.71. The van der Waals surface area contributed by atoms with Crippen LogP contribution >= 0.6 is 0 Å². The van der Waals surface area contributed by atoms with Crippen LogP contribution in [0.5, 0.6) is 0 Å². The number of carbonyl (C=O) groups excluding carboxylic acids is 2. The molecule has 5 heteroatoms. The number of epoxide rings is 1. The van der Waals surface area contributed by atoms with Crippen molar-refractivity contribution in [3.05, 3.63) is 0 Å². The van der Waals surface area contributed by atoms with E-state index in [9.17, 15) is 9.59 Å². The monoisotopic (exact) mass is 186 g/mol. The van der Waals surface area contributed by atoms with Crippen LogP contribution in [0.4, 0.5) is 0 Å². The Morgan fingerprint density at radius 3 is 1.77 bits per heavy atom. The van der Waals surface area contributed by atoms with Crippen molar-refractivity contribution in [2.75, 3.05) is 13.1 Å². The van der Waals surface area contributed by atoms with Gasteiger partial charge in [-0.2, -0.15) is 0 Å². The molecule has 74 valence electrons. The van der Waals surface area contributed by atoms with Gasteiger partial charge in [0.2, 0.25) is 0 Å². The molecule has 0 saturated carbocycles. The molecule has 0 aromatic heterocycles. The van der Waals surface area contributed by atoms with Crippen molar-refractivity contribution in [2.45, 2.75) is 26.1 Å². The van der Waals surface area contributed by atoms with Gasteiger partial charge < -0.3 is 15.4 Å². The maximum absolute atomic E-state index is 11.1. The molecule has 1 rings (SSSR count). The Balaban J connectivity index is 2.29. The fraction of sp³-hybridized carbons (Fsp3) is 0.750. The van der Waals surface area contributed by atoms with E-state index >= 15 is 0 Å². The van der Waals surface area contributed by atoms with Crippen molar-refractivity contribution in [1.82, 2.24) is 10.6 Å². The number of nitrogens with one attached hydrogen (secondary N) is 2. The largest absolute Gasteiger partial charge is 0.354 e. The molecule has 1 fully saturated rings. The Hall–Kier alpha value is -1.10. The van der Waals surface area contributed by atoms with Gasteiger partial charge in [0.05, 0.1) is 0 Å². The number of hydrogen-bond acceptors (Lipinski definition) is 3. The summed E-state index contributed by atoms with van der Waals surface area (Å²) in [5.74, 6) is -0.419. The summed E-state index contributed by atoms with van der Waals surface area (Å²) in [5, 5.41) is 5.18. The zero-order chi connectivity index (χ0) is 9.84. The van der Waals surface area contributed by atoms with E-state index in [2.05, 4.69) is 10.6 Å². The number of rotatable bonds is 4. The summed E-state index contributed by atoms with van der Waals surface area (Å²) in [6, 6.07) is 0. The van der Waals surface area contributed by atoms with Crippen molar-refractivity contribution >= 4 is 11.8 Å². The van der Waals surface area contributed by atoms with Gasteiger partial charge in [-0.05, 0) is 13.8 Å². The van der Waals surface area contributed by atoms with E-state index in [4.69, 9.17) is 4.74 Å². The van der Waals surface area contributed by atoms with E-state index in [0.717, 1.165) is 0 Å². The summed E-state index contributed by atoms with van der Waals surface area (Å²) in [6.07, 6.45) is -1.15. The van der Waals surface area contributed by atoms with Crippen molar-refractivity contribution in [2.24, 2.45) is 0 Å². The van der Waals surface area contributed by atoms with Crippen molar-refractivity contribution in [1.29, 1.82) is 0 Å². The molecule has 0 spiro atoms. The molecule has 2 unspecified atom stereocenters. The first kappa shape index (κ1) is 9.98. The quantitative estimate of drug-likeness (QED) is 0.555. The summed E-state index contributed by atoms with van der Waals surface area (Å²) in [4.78, 5) is 22.2. The van der Waals surface area contributed by atoms with Crippen LogP contribution in [0.2, 0.25) is 0 Å². The van der Waals surface area contributed by atoms with Crippen LogP contribution in [0.25, 0.3) is 0 Å². The Kier molecular flexibility index (Phi) is 3.25. The molecule has 0 bridgehead atoms. The maximum atomic E-state index is 11.1. The van der Waals surface area contributed by atoms with Gasteiger partial charge in [-0.25, -0.2) is 0 Å². The molecule has 5 nitrogen and oxygen atoms in total. The first-order valence-corrected chi connectivity index (χ1v) is 4.41. The lowest BCUT2D eigenvalue weighted by molar-refractivity contribution is -0.124. The van der Waals surface area contributed by atoms with Gasteiger partial charge in [0.1, 0.15) is 0 Å². The highest BCUT2D eigenvalue weighted by Gasteiger charge is 2.49. The van der Waals surface area contributed by atoms with Crippen LogP contribution in [0.1, 0.15) is 13.8 Å². The smallest absolute Gasteiger partial charge is 0.252 e. The second-order valence-electron chi connectivity index (χ2n) is 2.77. The molecule has 2 N–H and O–H groups in total. The molecule has 0 aromatic carbocycles. The van der Waals surface area contributed by atoms with Crippen LogP contribution in [0.15, 0.2) is 0 Å². The number of carbonyl (C=O) groups is 2. The summed E-state index contributed by atoms with van der Waals surface area (Å²) in [5.41, 5.74) is 0. The van der Waals surface area contributed by atoms with Gasteiger partial charge >= 0.3 is 0 Å². The lowest BCUT2D eigenvalue weighted by Gasteiger charge is -1.97. The Morgan fingerprint density at radius 2 is 1.46 bits per heavy atom. The highest BCUT2D eigenvalue weighted by Crippen LogP contribution is 2.21. The summed E-state index contributed by atoms with van der Waals surface area (Å²) >= 11 is 0. The Bertz CT molecular complexity index is 195. The van der Waals surface area contributed by atoms with Crippen LogP contribution in [0.3, 0.4) is 0 Å². The van der Waals surface area contributed by atoms with E-state index in [-0.39, 0.29) is 11.8 Å². The predicted molar refractivity (Wildman–Crippen MR) is 46.0 cm³/mol. The van der Waals surface area contributed by atoms with Gasteiger partial charge in [-0.3, -0.25) is 9.59 Å². The zero-order valence-electron chi connectivity index (χ0n) is 7.79. The summed E-state index contributed by atoms with van der Waals surface area (Å²) < 4.78 is 4.92. The molecular formula is C8H14N2O3. The third kappa shape index (κ3) is 2.42. The molecule has 2 amide bonds. The number of likely N-dealkylation sites (N-methyl/N-ethyl adjacent to an activating group) is 2. The van der Waals surface area contributed by atoms with Crippen LogP contribution < -0.4 is 10.6 Å². The standard InChI is InChI=1S/C8H14N2O3/c1-3-9-7(11)5-6(13-5)8(12)10-4-2/h5-6H,3-4H2,1-2H3,(H,9,11)(H,10,12). The minimum atomic E-state index is -0.577. The van der Waals surface area contributed by atoms with Gasteiger partial charge in [0, 0.05) is 13.1 Å². The van der Waals surface area contributed by atoms with Crippen molar-refractivity contribution in [3.8, 4) is 0 Å². The van der Waals surface area contributed by atoms with E-state index in [1.54, 1.807) is 0 Å². The van der Waals surface area contributed by atoms with Gasteiger partial charge in [0.15, 0.2) is 12.2 Å². The topological polar surface area (TPSA) is 70.7 Å². The molecule has 1 heterocycles. The first-order chi connectivity index (χ1) is 6.20. The van der Waals surface area contributed by atoms with E-state index in [0.29, 0.717) is 13.1 Å². The number of ether oxygens (including phenoxy) is 1. The molecule has 0 aromatic rings. The van der Waals surface area contributed by atoms with Gasteiger partial charge in [-0.15, -0.1) is 0 Å². The minimum absolute atomic E-state index is 0.209. The fourth-order valence-electron chi connectivity index (χ4n) is 1.06. The second-order valence-corrected chi connectivity index (χ2v) is 2.77. The van der Waals surface area contributed by atoms with Crippen molar-refractivity contribution in [3.63, 3.8) is 0 Å². The number of amides is 2. The molecule has 13 heavy (non-hydrogen) atoms. The lowest BCUT2D eigenvalue weighted by Crippen LogP contribution is -2.34. The molecule has 1 aliphatic heterocycles. The van der Waals surface area contributed by atoms with Gasteiger partial charge in [-0.1, -0.05) is 0 Å². The van der Waals surface area contributed by atoms with Crippen LogP contribution in [-0.2, 0) is 14.3 Å². The third-order valence-corrected chi connectivity index (χ3v) is 1.71. The zero-order valence-corrected chi connectivity index (χ0v) is 7.79. The summed E-state index contributed by atoms with van der Waals surface area (Å²) in [6.45, 7) is 4.75. The normalized spacial score (nSPS) is 25.1. The van der Waals surface area contributed by atoms with Crippen molar-refractivity contribution < 1.29 is 14.3 Å². The predicted octanol–water partition coefficient (Wildman–Crippen LogP) is -0.974. The molecule has 2 atom stereocenters. The minimum Gasteiger partial charge on any atom is -0.354 e. The van der Waals surface area contributed by atoms with E-state index < -0.39 is 12.2 Å². The highest BCUT2D eigenvalue weighted by molar-refractivity contribution is 5.94. The van der Waals surface area contributed by atoms with Gasteiger partial charge in [0.25, 0.3) is 11.8 Å². The molecule has 1 saturated heterocycles. The number of hydrogen-bond donors (Lipinski definition) is 2. The molecule has 1 aliphatic rings. The Morgan fingerprint density at radius 1 is 1.08 bits per heavy atom. The Labute approximate surface area is 76.8 Å². The van der Waals surface area contributed by atoms with E-state index in [1.807, 2.05) is 13.8 Å². The molecular weight excluding hydrogens is 172 g/mol. The first-order valence-electron chi connectivity index (χ1n) is 4.41. The van der Waals surface area contributed by atoms with Crippen LogP contribution in [-0.4, -0.2) is 37.1 Å². The van der Waals surface area contributed by atoms with E-state index in [1.165, 1.54) is 0 Å². The SMILES string of the molecule is CCNC(=O)C1OC1C(=O)NCC. The van der Waals surface area contributed by atoms with Crippen LogP contribution in [0, 0.1) is 0 Å².